The highest BCUT2D eigenvalue weighted by Gasteiger charge is 2.19. The predicted octanol–water partition coefficient (Wildman–Crippen LogP) is 4.65. The number of hydrogen-bond donors (Lipinski definition) is 1. The zero-order valence-electron chi connectivity index (χ0n) is 10.0. The molecule has 1 N–H and O–H groups in total. The highest BCUT2D eigenvalue weighted by molar-refractivity contribution is 9.10. The summed E-state index contributed by atoms with van der Waals surface area (Å²) in [6.07, 6.45) is 0. The Kier molecular flexibility index (Phi) is 4.73. The number of hydrogen-bond acceptors (Lipinski definition) is 1. The van der Waals surface area contributed by atoms with Crippen molar-refractivity contribution >= 4 is 39.1 Å². The monoisotopic (exact) mass is 359 g/mol. The summed E-state index contributed by atoms with van der Waals surface area (Å²) in [7, 11) is 0. The Morgan fingerprint density at radius 3 is 2.40 bits per heavy atom. The zero-order valence-corrected chi connectivity index (χ0v) is 12.4. The second kappa shape index (κ2) is 6.33. The van der Waals surface area contributed by atoms with Gasteiger partial charge < -0.3 is 5.32 Å². The van der Waals surface area contributed by atoms with E-state index in [9.17, 15) is 13.6 Å². The van der Waals surface area contributed by atoms with Gasteiger partial charge in [-0.25, -0.2) is 8.78 Å². The topological polar surface area (TPSA) is 29.1 Å². The molecule has 2 aromatic carbocycles. The Balaban J connectivity index is 2.13. The first-order chi connectivity index (χ1) is 9.47. The van der Waals surface area contributed by atoms with E-state index >= 15 is 0 Å². The summed E-state index contributed by atoms with van der Waals surface area (Å²) in [6.45, 7) is 0. The van der Waals surface area contributed by atoms with Gasteiger partial charge in [0.15, 0.2) is 0 Å². The molecule has 0 saturated carbocycles. The number of carbonyl (C=O) groups excluding carboxylic acids is 1. The van der Waals surface area contributed by atoms with Crippen LogP contribution in [0.5, 0.6) is 0 Å². The first-order valence-electron chi connectivity index (χ1n) is 5.63. The van der Waals surface area contributed by atoms with E-state index in [0.717, 1.165) is 16.6 Å². The number of benzene rings is 2. The van der Waals surface area contributed by atoms with E-state index in [0.29, 0.717) is 11.6 Å². The Morgan fingerprint density at radius 1 is 1.15 bits per heavy atom. The van der Waals surface area contributed by atoms with Gasteiger partial charge in [-0.15, -0.1) is 11.6 Å². The molecule has 0 aliphatic heterocycles. The maximum Gasteiger partial charge on any atom is 0.247 e. The molecule has 0 spiro atoms. The molecular weight excluding hydrogens is 352 g/mol. The van der Waals surface area contributed by atoms with Crippen LogP contribution in [0.15, 0.2) is 46.9 Å². The van der Waals surface area contributed by atoms with Gasteiger partial charge in [-0.05, 0) is 29.8 Å². The number of carbonyl (C=O) groups is 1. The van der Waals surface area contributed by atoms with Crippen molar-refractivity contribution in [2.75, 3.05) is 5.32 Å². The molecule has 0 radical (unpaired) electrons. The van der Waals surface area contributed by atoms with E-state index in [1.54, 1.807) is 24.3 Å². The Hall–Kier alpha value is -1.46. The second-order valence-electron chi connectivity index (χ2n) is 4.03. The van der Waals surface area contributed by atoms with Crippen LogP contribution in [0.3, 0.4) is 0 Å². The fourth-order valence-corrected chi connectivity index (χ4v) is 2.03. The molecule has 0 heterocycles. The van der Waals surface area contributed by atoms with Gasteiger partial charge in [0, 0.05) is 10.5 Å². The quantitative estimate of drug-likeness (QED) is 0.793. The molecule has 104 valence electrons. The molecule has 0 bridgehead atoms. The Morgan fingerprint density at radius 2 is 1.80 bits per heavy atom. The largest absolute Gasteiger partial charge is 0.322 e. The summed E-state index contributed by atoms with van der Waals surface area (Å²) in [5.41, 5.74) is 0.467. The lowest BCUT2D eigenvalue weighted by Crippen LogP contribution is -2.18. The zero-order chi connectivity index (χ0) is 14.7. The van der Waals surface area contributed by atoms with Crippen molar-refractivity contribution in [3.05, 3.63) is 64.1 Å². The van der Waals surface area contributed by atoms with Gasteiger partial charge in [-0.2, -0.15) is 0 Å². The van der Waals surface area contributed by atoms with Crippen molar-refractivity contribution < 1.29 is 13.6 Å². The third-order valence-corrected chi connectivity index (χ3v) is 3.56. The number of anilines is 1. The van der Waals surface area contributed by atoms with Gasteiger partial charge in [0.1, 0.15) is 17.0 Å². The van der Waals surface area contributed by atoms with Crippen molar-refractivity contribution in [1.82, 2.24) is 0 Å². The standard InChI is InChI=1S/C14H9BrClF2NO/c15-9-3-1-8(2-4-9)13(16)14(20)19-12-6-5-10(17)7-11(12)18/h1-7,13H,(H,19,20). The third-order valence-electron chi connectivity index (χ3n) is 2.58. The fraction of sp³-hybridized carbons (Fsp3) is 0.0714. The van der Waals surface area contributed by atoms with Gasteiger partial charge >= 0.3 is 0 Å². The maximum absolute atomic E-state index is 13.4. The van der Waals surface area contributed by atoms with Crippen molar-refractivity contribution in [3.8, 4) is 0 Å². The van der Waals surface area contributed by atoms with Gasteiger partial charge in [0.05, 0.1) is 5.69 Å². The molecule has 0 aliphatic carbocycles. The summed E-state index contributed by atoms with van der Waals surface area (Å²) in [5, 5.41) is 1.36. The van der Waals surface area contributed by atoms with Gasteiger partial charge in [0.25, 0.3) is 0 Å². The van der Waals surface area contributed by atoms with Crippen LogP contribution in [0.1, 0.15) is 10.9 Å². The molecule has 6 heteroatoms. The number of rotatable bonds is 3. The van der Waals surface area contributed by atoms with Crippen LogP contribution < -0.4 is 5.32 Å². The molecule has 1 atom stereocenters. The lowest BCUT2D eigenvalue weighted by molar-refractivity contribution is -0.116. The van der Waals surface area contributed by atoms with E-state index in [1.165, 1.54) is 0 Å². The minimum Gasteiger partial charge on any atom is -0.322 e. The molecule has 0 aromatic heterocycles. The first kappa shape index (κ1) is 14.9. The molecule has 1 amide bonds. The highest BCUT2D eigenvalue weighted by Crippen LogP contribution is 2.25. The number of halogens is 4. The smallest absolute Gasteiger partial charge is 0.247 e. The molecule has 2 rings (SSSR count). The van der Waals surface area contributed by atoms with Gasteiger partial charge in [-0.1, -0.05) is 28.1 Å². The van der Waals surface area contributed by atoms with Crippen LogP contribution in [0.25, 0.3) is 0 Å². The first-order valence-corrected chi connectivity index (χ1v) is 6.86. The van der Waals surface area contributed by atoms with Crippen LogP contribution >= 0.6 is 27.5 Å². The number of amides is 1. The lowest BCUT2D eigenvalue weighted by atomic mass is 10.1. The van der Waals surface area contributed by atoms with Crippen LogP contribution in [0.2, 0.25) is 0 Å². The van der Waals surface area contributed by atoms with Crippen molar-refractivity contribution in [1.29, 1.82) is 0 Å². The lowest BCUT2D eigenvalue weighted by Gasteiger charge is -2.11. The van der Waals surface area contributed by atoms with Crippen molar-refractivity contribution in [2.24, 2.45) is 0 Å². The molecule has 0 saturated heterocycles. The summed E-state index contributed by atoms with van der Waals surface area (Å²) in [5.74, 6) is -2.15. The maximum atomic E-state index is 13.4. The molecule has 2 nitrogen and oxygen atoms in total. The fourth-order valence-electron chi connectivity index (χ4n) is 1.57. The van der Waals surface area contributed by atoms with Crippen molar-refractivity contribution in [3.63, 3.8) is 0 Å². The number of alkyl halides is 1. The Labute approximate surface area is 127 Å². The summed E-state index contributed by atoms with van der Waals surface area (Å²) in [4.78, 5) is 11.9. The van der Waals surface area contributed by atoms with E-state index in [4.69, 9.17) is 11.6 Å². The van der Waals surface area contributed by atoms with Crippen molar-refractivity contribution in [2.45, 2.75) is 5.38 Å². The molecule has 1 unspecified atom stereocenters. The van der Waals surface area contributed by atoms with E-state index in [2.05, 4.69) is 21.2 Å². The minimum atomic E-state index is -0.965. The normalized spacial score (nSPS) is 12.0. The minimum absolute atomic E-state index is 0.112. The average Bonchev–Trinajstić information content (AvgIpc) is 2.42. The molecule has 0 fully saturated rings. The SMILES string of the molecule is O=C(Nc1ccc(F)cc1F)C(Cl)c1ccc(Br)cc1. The van der Waals surface area contributed by atoms with E-state index < -0.39 is 22.9 Å². The summed E-state index contributed by atoms with van der Waals surface area (Å²) < 4.78 is 27.0. The van der Waals surface area contributed by atoms with Crippen LogP contribution in [-0.2, 0) is 4.79 Å². The van der Waals surface area contributed by atoms with Gasteiger partial charge in [-0.3, -0.25) is 4.79 Å². The summed E-state index contributed by atoms with van der Waals surface area (Å²) in [6, 6.07) is 9.76. The summed E-state index contributed by atoms with van der Waals surface area (Å²) >= 11 is 9.29. The molecule has 0 aliphatic rings. The van der Waals surface area contributed by atoms with E-state index in [1.807, 2.05) is 0 Å². The molecule has 2 aromatic rings. The third kappa shape index (κ3) is 3.55. The van der Waals surface area contributed by atoms with Gasteiger partial charge in [0.2, 0.25) is 5.91 Å². The van der Waals surface area contributed by atoms with E-state index in [-0.39, 0.29) is 5.69 Å². The predicted molar refractivity (Wildman–Crippen MR) is 77.7 cm³/mol. The Bertz CT molecular complexity index is 634. The second-order valence-corrected chi connectivity index (χ2v) is 5.38. The van der Waals surface area contributed by atoms with Crippen LogP contribution in [0, 0.1) is 11.6 Å². The number of nitrogens with one attached hydrogen (secondary N) is 1. The van der Waals surface area contributed by atoms with Crippen LogP contribution in [-0.4, -0.2) is 5.91 Å². The van der Waals surface area contributed by atoms with Crippen LogP contribution in [0.4, 0.5) is 14.5 Å². The highest BCUT2D eigenvalue weighted by atomic mass is 79.9. The molecular formula is C14H9BrClF2NO. The average molecular weight is 361 g/mol. The molecule has 20 heavy (non-hydrogen) atoms.